The number of amides is 1. The van der Waals surface area contributed by atoms with Crippen LogP contribution < -0.4 is 10.6 Å². The van der Waals surface area contributed by atoms with Crippen molar-refractivity contribution < 1.29 is 9.18 Å². The molecule has 0 saturated heterocycles. The van der Waals surface area contributed by atoms with Crippen molar-refractivity contribution in [1.29, 1.82) is 0 Å². The molecule has 2 N–H and O–H groups in total. The van der Waals surface area contributed by atoms with Gasteiger partial charge < -0.3 is 10.6 Å². The normalized spacial score (nSPS) is 10.4. The van der Waals surface area contributed by atoms with Gasteiger partial charge in [-0.3, -0.25) is 9.78 Å². The Morgan fingerprint density at radius 2 is 1.84 bits per heavy atom. The molecule has 0 spiro atoms. The summed E-state index contributed by atoms with van der Waals surface area (Å²) >= 11 is 6.11. The van der Waals surface area contributed by atoms with E-state index in [1.165, 1.54) is 18.3 Å². The number of anilines is 3. The molecular formula is C19H15ClFN3O. The number of pyridine rings is 1. The van der Waals surface area contributed by atoms with E-state index in [1.54, 1.807) is 30.5 Å². The van der Waals surface area contributed by atoms with Crippen molar-refractivity contribution in [2.45, 2.75) is 6.92 Å². The molecule has 0 unspecified atom stereocenters. The molecule has 0 fully saturated rings. The highest BCUT2D eigenvalue weighted by molar-refractivity contribution is 6.31. The number of hydrogen-bond donors (Lipinski definition) is 2. The standard InChI is InChI=1S/C19H15ClFN3O/c1-12-15(20)5-4-8-17(12)23-14-9-13(10-22-11-14)19(25)24-18-7-3-2-6-16(18)21/h2-11,23H,1H3,(H,24,25). The molecule has 126 valence electrons. The third-order valence-corrected chi connectivity index (χ3v) is 4.08. The minimum Gasteiger partial charge on any atom is -0.354 e. The van der Waals surface area contributed by atoms with Crippen LogP contribution in [0.3, 0.4) is 0 Å². The highest BCUT2D eigenvalue weighted by Gasteiger charge is 2.11. The average molecular weight is 356 g/mol. The van der Waals surface area contributed by atoms with E-state index in [1.807, 2.05) is 19.1 Å². The fourth-order valence-electron chi connectivity index (χ4n) is 2.29. The van der Waals surface area contributed by atoms with Crippen LogP contribution in [0.25, 0.3) is 0 Å². The molecule has 0 aliphatic heterocycles. The van der Waals surface area contributed by atoms with Gasteiger partial charge in [0.1, 0.15) is 5.82 Å². The van der Waals surface area contributed by atoms with Crippen LogP contribution >= 0.6 is 11.6 Å². The van der Waals surface area contributed by atoms with Crippen LogP contribution in [0.15, 0.2) is 60.9 Å². The summed E-state index contributed by atoms with van der Waals surface area (Å²) in [6, 6.07) is 13.2. The van der Waals surface area contributed by atoms with Gasteiger partial charge >= 0.3 is 0 Å². The number of benzene rings is 2. The fraction of sp³-hybridized carbons (Fsp3) is 0.0526. The van der Waals surface area contributed by atoms with Gasteiger partial charge in [0.25, 0.3) is 5.91 Å². The Morgan fingerprint density at radius 1 is 1.08 bits per heavy atom. The van der Waals surface area contributed by atoms with Crippen LogP contribution in [0.4, 0.5) is 21.5 Å². The summed E-state index contributed by atoms with van der Waals surface area (Å²) in [5, 5.41) is 6.36. The van der Waals surface area contributed by atoms with Gasteiger partial charge in [0.2, 0.25) is 0 Å². The van der Waals surface area contributed by atoms with E-state index in [-0.39, 0.29) is 5.69 Å². The van der Waals surface area contributed by atoms with Gasteiger partial charge in [0, 0.05) is 16.9 Å². The molecule has 0 atom stereocenters. The highest BCUT2D eigenvalue weighted by atomic mass is 35.5. The van der Waals surface area contributed by atoms with E-state index in [0.29, 0.717) is 16.3 Å². The summed E-state index contributed by atoms with van der Waals surface area (Å²) in [6.45, 7) is 1.90. The number of para-hydroxylation sites is 1. The number of carbonyl (C=O) groups is 1. The quantitative estimate of drug-likeness (QED) is 0.678. The molecule has 2 aromatic carbocycles. The SMILES string of the molecule is Cc1c(Cl)cccc1Nc1cncc(C(=O)Nc2ccccc2F)c1. The second-order valence-corrected chi connectivity index (χ2v) is 5.84. The lowest BCUT2D eigenvalue weighted by Crippen LogP contribution is -2.13. The van der Waals surface area contributed by atoms with Gasteiger partial charge in [-0.05, 0) is 42.8 Å². The molecule has 0 bridgehead atoms. The predicted octanol–water partition coefficient (Wildman–Crippen LogP) is 5.18. The number of rotatable bonds is 4. The minimum absolute atomic E-state index is 0.122. The molecule has 1 heterocycles. The van der Waals surface area contributed by atoms with E-state index in [2.05, 4.69) is 15.6 Å². The zero-order chi connectivity index (χ0) is 17.8. The lowest BCUT2D eigenvalue weighted by Gasteiger charge is -2.11. The van der Waals surface area contributed by atoms with Gasteiger partial charge in [0.05, 0.1) is 23.1 Å². The molecular weight excluding hydrogens is 341 g/mol. The van der Waals surface area contributed by atoms with Gasteiger partial charge in [-0.2, -0.15) is 0 Å². The van der Waals surface area contributed by atoms with Gasteiger partial charge in [-0.15, -0.1) is 0 Å². The number of hydrogen-bond acceptors (Lipinski definition) is 3. The summed E-state index contributed by atoms with van der Waals surface area (Å²) in [7, 11) is 0. The Morgan fingerprint density at radius 3 is 2.64 bits per heavy atom. The summed E-state index contributed by atoms with van der Waals surface area (Å²) in [6.07, 6.45) is 3.02. The highest BCUT2D eigenvalue weighted by Crippen LogP contribution is 2.26. The van der Waals surface area contributed by atoms with Crippen molar-refractivity contribution in [1.82, 2.24) is 4.98 Å². The third kappa shape index (κ3) is 3.95. The van der Waals surface area contributed by atoms with Crippen molar-refractivity contribution in [2.24, 2.45) is 0 Å². The Labute approximate surface area is 149 Å². The summed E-state index contributed by atoms with van der Waals surface area (Å²) in [4.78, 5) is 16.4. The zero-order valence-corrected chi connectivity index (χ0v) is 14.1. The van der Waals surface area contributed by atoms with Gasteiger partial charge in [0.15, 0.2) is 0 Å². The Kier molecular flexibility index (Phi) is 4.95. The average Bonchev–Trinajstić information content (AvgIpc) is 2.61. The van der Waals surface area contributed by atoms with Crippen LogP contribution in [-0.2, 0) is 0 Å². The molecule has 1 aromatic heterocycles. The molecule has 0 aliphatic rings. The molecule has 1 amide bonds. The lowest BCUT2D eigenvalue weighted by molar-refractivity contribution is 0.102. The van der Waals surface area contributed by atoms with Crippen molar-refractivity contribution in [3.8, 4) is 0 Å². The monoisotopic (exact) mass is 355 g/mol. The van der Waals surface area contributed by atoms with Crippen LogP contribution in [0, 0.1) is 12.7 Å². The second-order valence-electron chi connectivity index (χ2n) is 5.43. The van der Waals surface area contributed by atoms with Crippen LogP contribution in [0.1, 0.15) is 15.9 Å². The number of nitrogens with zero attached hydrogens (tertiary/aromatic N) is 1. The van der Waals surface area contributed by atoms with Crippen molar-refractivity contribution in [2.75, 3.05) is 10.6 Å². The van der Waals surface area contributed by atoms with Crippen LogP contribution in [0.2, 0.25) is 5.02 Å². The number of carbonyl (C=O) groups excluding carboxylic acids is 1. The van der Waals surface area contributed by atoms with Crippen molar-refractivity contribution >= 4 is 34.6 Å². The Bertz CT molecular complexity index is 930. The Hall–Kier alpha value is -2.92. The lowest BCUT2D eigenvalue weighted by atomic mass is 10.2. The molecule has 3 aromatic rings. The number of nitrogens with one attached hydrogen (secondary N) is 2. The molecule has 0 saturated carbocycles. The first-order valence-electron chi connectivity index (χ1n) is 7.57. The molecule has 0 radical (unpaired) electrons. The largest absolute Gasteiger partial charge is 0.354 e. The van der Waals surface area contributed by atoms with Crippen molar-refractivity contribution in [3.05, 3.63) is 82.9 Å². The first-order chi connectivity index (χ1) is 12.0. The Balaban J connectivity index is 1.80. The maximum atomic E-state index is 13.7. The van der Waals surface area contributed by atoms with Gasteiger partial charge in [-0.1, -0.05) is 29.8 Å². The molecule has 0 aliphatic carbocycles. The molecule has 3 rings (SSSR count). The van der Waals surface area contributed by atoms with Crippen LogP contribution in [-0.4, -0.2) is 10.9 Å². The molecule has 4 nitrogen and oxygen atoms in total. The van der Waals surface area contributed by atoms with E-state index in [9.17, 15) is 9.18 Å². The topological polar surface area (TPSA) is 54.0 Å². The summed E-state index contributed by atoms with van der Waals surface area (Å²) in [5.41, 5.74) is 2.78. The van der Waals surface area contributed by atoms with Gasteiger partial charge in [-0.25, -0.2) is 4.39 Å². The van der Waals surface area contributed by atoms with Crippen molar-refractivity contribution in [3.63, 3.8) is 0 Å². The second kappa shape index (κ2) is 7.32. The number of halogens is 2. The predicted molar refractivity (Wildman–Crippen MR) is 98.1 cm³/mol. The third-order valence-electron chi connectivity index (χ3n) is 3.67. The number of aromatic nitrogens is 1. The fourth-order valence-corrected chi connectivity index (χ4v) is 2.46. The van der Waals surface area contributed by atoms with E-state index in [0.717, 1.165) is 11.3 Å². The first-order valence-corrected chi connectivity index (χ1v) is 7.95. The minimum atomic E-state index is -0.493. The smallest absolute Gasteiger partial charge is 0.257 e. The van der Waals surface area contributed by atoms with E-state index >= 15 is 0 Å². The van der Waals surface area contributed by atoms with E-state index in [4.69, 9.17) is 11.6 Å². The van der Waals surface area contributed by atoms with E-state index < -0.39 is 11.7 Å². The maximum Gasteiger partial charge on any atom is 0.257 e. The first kappa shape index (κ1) is 16.9. The zero-order valence-electron chi connectivity index (χ0n) is 13.4. The molecule has 6 heteroatoms. The summed E-state index contributed by atoms with van der Waals surface area (Å²) in [5.74, 6) is -0.934. The maximum absolute atomic E-state index is 13.7. The summed E-state index contributed by atoms with van der Waals surface area (Å²) < 4.78 is 13.7. The van der Waals surface area contributed by atoms with Crippen LogP contribution in [0.5, 0.6) is 0 Å². The molecule has 25 heavy (non-hydrogen) atoms.